The van der Waals surface area contributed by atoms with Crippen LogP contribution in [0.15, 0.2) is 30.6 Å². The van der Waals surface area contributed by atoms with Gasteiger partial charge in [-0.05, 0) is 18.9 Å². The molecule has 134 valence electrons. The number of hydrogen-bond donors (Lipinski definition) is 1. The van der Waals surface area contributed by atoms with Crippen molar-refractivity contribution in [2.75, 3.05) is 23.3 Å². The lowest BCUT2D eigenvalue weighted by molar-refractivity contribution is -0.422. The van der Waals surface area contributed by atoms with Crippen LogP contribution in [0.5, 0.6) is 0 Å². The number of nitrogens with one attached hydrogen (secondary N) is 1. The molecule has 1 fully saturated rings. The SMILES string of the molecule is O=C(Nc1ccc([N+](=O)[O-])c([N+](=O)[O-])c1)c1cnc(N2CCCC2)nc1. The van der Waals surface area contributed by atoms with Crippen LogP contribution in [0, 0.1) is 20.2 Å². The Labute approximate surface area is 147 Å². The molecule has 11 nitrogen and oxygen atoms in total. The Hall–Kier alpha value is -3.63. The molecule has 11 heteroatoms. The van der Waals surface area contributed by atoms with Crippen molar-refractivity contribution in [3.05, 3.63) is 56.4 Å². The predicted molar refractivity (Wildman–Crippen MR) is 91.2 cm³/mol. The van der Waals surface area contributed by atoms with Crippen molar-refractivity contribution < 1.29 is 14.6 Å². The molecule has 0 bridgehead atoms. The standard InChI is InChI=1S/C15H14N6O5/c22-14(10-8-16-15(17-9-10)19-5-1-2-6-19)18-11-3-4-12(20(23)24)13(7-11)21(25)26/h3-4,7-9H,1-2,5-6H2,(H,18,22). The van der Waals surface area contributed by atoms with Crippen LogP contribution in [0.25, 0.3) is 0 Å². The first-order valence-corrected chi connectivity index (χ1v) is 7.77. The molecular weight excluding hydrogens is 344 g/mol. The molecule has 0 radical (unpaired) electrons. The van der Waals surface area contributed by atoms with Gasteiger partial charge >= 0.3 is 11.4 Å². The number of nitro benzene ring substituents is 2. The zero-order chi connectivity index (χ0) is 18.7. The third-order valence-electron chi connectivity index (χ3n) is 3.92. The summed E-state index contributed by atoms with van der Waals surface area (Å²) in [6.07, 6.45) is 4.89. The molecular formula is C15H14N6O5. The minimum absolute atomic E-state index is 0.0657. The Kier molecular flexibility index (Phi) is 4.69. The van der Waals surface area contributed by atoms with Gasteiger partial charge in [0, 0.05) is 43.3 Å². The molecule has 2 aromatic rings. The lowest BCUT2D eigenvalue weighted by Crippen LogP contribution is -2.21. The number of nitrogens with zero attached hydrogens (tertiary/aromatic N) is 5. The average Bonchev–Trinajstić information content (AvgIpc) is 3.16. The van der Waals surface area contributed by atoms with Crippen molar-refractivity contribution in [2.45, 2.75) is 12.8 Å². The molecule has 3 rings (SSSR count). The minimum Gasteiger partial charge on any atom is -0.341 e. The van der Waals surface area contributed by atoms with Crippen LogP contribution in [-0.4, -0.2) is 38.8 Å². The molecule has 0 saturated carbocycles. The molecule has 0 atom stereocenters. The Balaban J connectivity index is 1.76. The van der Waals surface area contributed by atoms with E-state index in [4.69, 9.17) is 0 Å². The van der Waals surface area contributed by atoms with Crippen LogP contribution in [0.4, 0.5) is 23.0 Å². The molecule has 1 aliphatic rings. The molecule has 1 amide bonds. The van der Waals surface area contributed by atoms with Crippen molar-refractivity contribution in [3.63, 3.8) is 0 Å². The second kappa shape index (κ2) is 7.09. The van der Waals surface area contributed by atoms with Gasteiger partial charge in [0.05, 0.1) is 15.4 Å². The topological polar surface area (TPSA) is 144 Å². The lowest BCUT2D eigenvalue weighted by atomic mass is 10.2. The summed E-state index contributed by atoms with van der Waals surface area (Å²) in [5.41, 5.74) is -1.11. The second-order valence-electron chi connectivity index (χ2n) is 5.64. The Morgan fingerprint density at radius 2 is 1.65 bits per heavy atom. The molecule has 26 heavy (non-hydrogen) atoms. The van der Waals surface area contributed by atoms with Gasteiger partial charge < -0.3 is 10.2 Å². The normalized spacial score (nSPS) is 13.5. The van der Waals surface area contributed by atoms with Gasteiger partial charge in [0.15, 0.2) is 0 Å². The monoisotopic (exact) mass is 358 g/mol. The van der Waals surface area contributed by atoms with E-state index in [-0.39, 0.29) is 11.3 Å². The highest BCUT2D eigenvalue weighted by Gasteiger charge is 2.24. The number of benzene rings is 1. The van der Waals surface area contributed by atoms with E-state index in [9.17, 15) is 25.0 Å². The Morgan fingerprint density at radius 1 is 1.04 bits per heavy atom. The number of amides is 1. The van der Waals surface area contributed by atoms with E-state index in [1.54, 1.807) is 0 Å². The molecule has 1 N–H and O–H groups in total. The first-order chi connectivity index (χ1) is 12.5. The average molecular weight is 358 g/mol. The molecule has 2 heterocycles. The van der Waals surface area contributed by atoms with Gasteiger partial charge in [0.25, 0.3) is 5.91 Å². The van der Waals surface area contributed by atoms with Crippen molar-refractivity contribution in [1.82, 2.24) is 9.97 Å². The summed E-state index contributed by atoms with van der Waals surface area (Å²) in [6, 6.07) is 3.14. The number of nitro groups is 2. The van der Waals surface area contributed by atoms with Gasteiger partial charge in [-0.1, -0.05) is 0 Å². The van der Waals surface area contributed by atoms with Crippen molar-refractivity contribution >= 4 is 28.9 Å². The quantitative estimate of drug-likeness (QED) is 0.632. The summed E-state index contributed by atoms with van der Waals surface area (Å²) in [5.74, 6) is -0.0221. The van der Waals surface area contributed by atoms with Gasteiger partial charge in [-0.3, -0.25) is 25.0 Å². The minimum atomic E-state index is -0.873. The van der Waals surface area contributed by atoms with Crippen LogP contribution in [0.2, 0.25) is 0 Å². The molecule has 0 unspecified atom stereocenters. The molecule has 0 spiro atoms. The highest BCUT2D eigenvalue weighted by atomic mass is 16.6. The lowest BCUT2D eigenvalue weighted by Gasteiger charge is -2.14. The maximum Gasteiger partial charge on any atom is 0.348 e. The maximum atomic E-state index is 12.2. The summed E-state index contributed by atoms with van der Waals surface area (Å²) in [4.78, 5) is 42.6. The van der Waals surface area contributed by atoms with Gasteiger partial charge in [-0.25, -0.2) is 9.97 Å². The molecule has 1 aliphatic heterocycles. The van der Waals surface area contributed by atoms with E-state index in [1.165, 1.54) is 18.5 Å². The highest BCUT2D eigenvalue weighted by molar-refractivity contribution is 6.04. The zero-order valence-corrected chi connectivity index (χ0v) is 13.5. The van der Waals surface area contributed by atoms with E-state index in [2.05, 4.69) is 15.3 Å². The molecule has 0 aliphatic carbocycles. The van der Waals surface area contributed by atoms with E-state index in [1.807, 2.05) is 4.90 Å². The largest absolute Gasteiger partial charge is 0.348 e. The number of carbonyl (C=O) groups is 1. The highest BCUT2D eigenvalue weighted by Crippen LogP contribution is 2.29. The zero-order valence-electron chi connectivity index (χ0n) is 13.5. The fourth-order valence-electron chi connectivity index (χ4n) is 2.62. The summed E-state index contributed by atoms with van der Waals surface area (Å²) in [5, 5.41) is 24.2. The first-order valence-electron chi connectivity index (χ1n) is 7.77. The third kappa shape index (κ3) is 3.55. The van der Waals surface area contributed by atoms with Crippen LogP contribution in [0.3, 0.4) is 0 Å². The number of hydrogen-bond acceptors (Lipinski definition) is 8. The van der Waals surface area contributed by atoms with E-state index >= 15 is 0 Å². The summed E-state index contributed by atoms with van der Waals surface area (Å²) in [6.45, 7) is 1.75. The Morgan fingerprint density at radius 3 is 2.23 bits per heavy atom. The fraction of sp³-hybridized carbons (Fsp3) is 0.267. The van der Waals surface area contributed by atoms with Crippen molar-refractivity contribution in [1.29, 1.82) is 0 Å². The maximum absolute atomic E-state index is 12.2. The van der Waals surface area contributed by atoms with Gasteiger partial charge in [0.2, 0.25) is 5.95 Å². The summed E-state index contributed by atoms with van der Waals surface area (Å²) in [7, 11) is 0. The van der Waals surface area contributed by atoms with Crippen LogP contribution in [0.1, 0.15) is 23.2 Å². The number of aromatic nitrogens is 2. The predicted octanol–water partition coefficient (Wildman–Crippen LogP) is 2.15. The summed E-state index contributed by atoms with van der Waals surface area (Å²) < 4.78 is 0. The molecule has 1 aromatic heterocycles. The third-order valence-corrected chi connectivity index (χ3v) is 3.92. The van der Waals surface area contributed by atoms with Crippen molar-refractivity contribution in [2.24, 2.45) is 0 Å². The van der Waals surface area contributed by atoms with E-state index in [0.717, 1.165) is 38.1 Å². The van der Waals surface area contributed by atoms with Crippen LogP contribution < -0.4 is 10.2 Å². The van der Waals surface area contributed by atoms with Crippen molar-refractivity contribution in [3.8, 4) is 0 Å². The number of carbonyl (C=O) groups excluding carboxylic acids is 1. The number of anilines is 2. The first kappa shape index (κ1) is 17.2. The molecule has 1 saturated heterocycles. The van der Waals surface area contributed by atoms with E-state index in [0.29, 0.717) is 5.95 Å². The number of rotatable bonds is 5. The van der Waals surface area contributed by atoms with Crippen LogP contribution >= 0.6 is 0 Å². The second-order valence-corrected chi connectivity index (χ2v) is 5.64. The van der Waals surface area contributed by atoms with E-state index < -0.39 is 27.1 Å². The Bertz CT molecular complexity index is 863. The molecule has 1 aromatic carbocycles. The van der Waals surface area contributed by atoms with Gasteiger partial charge in [0.1, 0.15) is 0 Å². The fourth-order valence-corrected chi connectivity index (χ4v) is 2.62. The van der Waals surface area contributed by atoms with Crippen LogP contribution in [-0.2, 0) is 0 Å². The summed E-state index contributed by atoms with van der Waals surface area (Å²) >= 11 is 0. The van der Waals surface area contributed by atoms with Gasteiger partial charge in [-0.2, -0.15) is 0 Å². The smallest absolute Gasteiger partial charge is 0.341 e. The van der Waals surface area contributed by atoms with Gasteiger partial charge in [-0.15, -0.1) is 0 Å².